The molecular weight excluding hydrogens is 152 g/mol. The van der Waals surface area contributed by atoms with Gasteiger partial charge in [0, 0.05) is 5.03 Å². The Morgan fingerprint density at radius 2 is 2.40 bits per heavy atom. The van der Waals surface area contributed by atoms with Crippen LogP contribution < -0.4 is 11.1 Å². The van der Waals surface area contributed by atoms with E-state index >= 15 is 0 Å². The zero-order valence-electron chi connectivity index (χ0n) is 5.86. The van der Waals surface area contributed by atoms with E-state index < -0.39 is 6.04 Å². The van der Waals surface area contributed by atoms with E-state index in [1.807, 2.05) is 0 Å². The molecule has 0 aromatic rings. The molecule has 0 aromatic carbocycles. The summed E-state index contributed by atoms with van der Waals surface area (Å²) in [6.45, 7) is 5.28. The van der Waals surface area contributed by atoms with E-state index in [1.54, 1.807) is 6.92 Å². The minimum absolute atomic E-state index is 0.221. The number of halogens is 1. The van der Waals surface area contributed by atoms with Crippen molar-refractivity contribution in [3.05, 3.63) is 11.6 Å². The van der Waals surface area contributed by atoms with Crippen LogP contribution in [0.4, 0.5) is 0 Å². The zero-order valence-corrected chi connectivity index (χ0v) is 6.61. The molecule has 0 aliphatic carbocycles. The monoisotopic (exact) mass is 162 g/mol. The molecule has 0 aliphatic rings. The van der Waals surface area contributed by atoms with Gasteiger partial charge in [0.1, 0.15) is 0 Å². The number of amides is 1. The molecule has 1 amide bonds. The Balaban J connectivity index is 3.50. The fourth-order valence-electron chi connectivity index (χ4n) is 0.344. The minimum atomic E-state index is -0.490. The highest BCUT2D eigenvalue weighted by molar-refractivity contribution is 6.29. The molecule has 4 heteroatoms. The number of hydrogen-bond acceptors (Lipinski definition) is 2. The van der Waals surface area contributed by atoms with Crippen LogP contribution in [-0.4, -0.2) is 18.5 Å². The second-order valence-corrected chi connectivity index (χ2v) is 2.56. The lowest BCUT2D eigenvalue weighted by Gasteiger charge is -2.05. The van der Waals surface area contributed by atoms with Crippen LogP contribution in [0.1, 0.15) is 6.92 Å². The molecule has 0 aromatic heterocycles. The average molecular weight is 163 g/mol. The van der Waals surface area contributed by atoms with Crippen molar-refractivity contribution >= 4 is 17.5 Å². The van der Waals surface area contributed by atoms with Gasteiger partial charge in [0.15, 0.2) is 0 Å². The molecule has 3 N–H and O–H groups in total. The second kappa shape index (κ2) is 4.30. The van der Waals surface area contributed by atoms with Crippen LogP contribution in [0.2, 0.25) is 0 Å². The normalized spacial score (nSPS) is 12.3. The first-order valence-electron chi connectivity index (χ1n) is 2.90. The Morgan fingerprint density at radius 3 is 2.70 bits per heavy atom. The molecule has 0 fully saturated rings. The summed E-state index contributed by atoms with van der Waals surface area (Å²) in [6, 6.07) is -0.490. The highest BCUT2D eigenvalue weighted by Crippen LogP contribution is 1.91. The minimum Gasteiger partial charge on any atom is -0.350 e. The van der Waals surface area contributed by atoms with Gasteiger partial charge in [0.25, 0.3) is 0 Å². The van der Waals surface area contributed by atoms with Gasteiger partial charge in [-0.15, -0.1) is 0 Å². The Labute approximate surface area is 65.2 Å². The molecule has 0 aliphatic heterocycles. The molecule has 0 radical (unpaired) electrons. The zero-order chi connectivity index (χ0) is 8.15. The third kappa shape index (κ3) is 4.35. The summed E-state index contributed by atoms with van der Waals surface area (Å²) in [5.41, 5.74) is 5.24. The first-order chi connectivity index (χ1) is 4.54. The third-order valence-corrected chi connectivity index (χ3v) is 1.00. The van der Waals surface area contributed by atoms with Crippen molar-refractivity contribution in [3.8, 4) is 0 Å². The fourth-order valence-corrected chi connectivity index (χ4v) is 0.411. The first kappa shape index (κ1) is 9.46. The summed E-state index contributed by atoms with van der Waals surface area (Å²) in [7, 11) is 0. The number of hydrogen-bond donors (Lipinski definition) is 2. The number of carbonyl (C=O) groups is 1. The lowest BCUT2D eigenvalue weighted by molar-refractivity contribution is -0.121. The molecule has 0 bridgehead atoms. The maximum Gasteiger partial charge on any atom is 0.236 e. The van der Waals surface area contributed by atoms with E-state index in [0.717, 1.165) is 0 Å². The summed E-state index contributed by atoms with van der Waals surface area (Å²) in [5.74, 6) is -0.221. The molecule has 58 valence electrons. The maximum absolute atomic E-state index is 10.7. The number of rotatable bonds is 3. The summed E-state index contributed by atoms with van der Waals surface area (Å²) in [6.07, 6.45) is 0. The largest absolute Gasteiger partial charge is 0.350 e. The molecule has 1 atom stereocenters. The van der Waals surface area contributed by atoms with Gasteiger partial charge in [-0.3, -0.25) is 4.79 Å². The maximum atomic E-state index is 10.7. The molecule has 0 spiro atoms. The van der Waals surface area contributed by atoms with E-state index in [4.69, 9.17) is 17.3 Å². The Bertz CT molecular complexity index is 145. The number of nitrogens with two attached hydrogens (primary N) is 1. The van der Waals surface area contributed by atoms with Crippen LogP contribution in [0.5, 0.6) is 0 Å². The van der Waals surface area contributed by atoms with E-state index in [1.165, 1.54) is 0 Å². The van der Waals surface area contributed by atoms with Gasteiger partial charge in [0.2, 0.25) is 5.91 Å². The van der Waals surface area contributed by atoms with E-state index in [0.29, 0.717) is 5.03 Å². The Morgan fingerprint density at radius 1 is 1.90 bits per heavy atom. The van der Waals surface area contributed by atoms with Crippen LogP contribution in [0.3, 0.4) is 0 Å². The van der Waals surface area contributed by atoms with E-state index in [-0.39, 0.29) is 12.5 Å². The Hall–Kier alpha value is -0.540. The highest BCUT2D eigenvalue weighted by Gasteiger charge is 2.04. The van der Waals surface area contributed by atoms with E-state index in [2.05, 4.69) is 11.9 Å². The molecule has 0 saturated heterocycles. The number of nitrogens with one attached hydrogen (secondary N) is 1. The summed E-state index contributed by atoms with van der Waals surface area (Å²) in [5, 5.41) is 2.88. The van der Waals surface area contributed by atoms with Gasteiger partial charge in [-0.25, -0.2) is 0 Å². The van der Waals surface area contributed by atoms with Crippen molar-refractivity contribution in [1.82, 2.24) is 5.32 Å². The average Bonchev–Trinajstić information content (AvgIpc) is 1.82. The SMILES string of the molecule is C=C(Cl)CNC(=O)C(C)N. The van der Waals surface area contributed by atoms with Crippen molar-refractivity contribution in [2.24, 2.45) is 5.73 Å². The lowest BCUT2D eigenvalue weighted by atomic mass is 10.3. The smallest absolute Gasteiger partial charge is 0.236 e. The van der Waals surface area contributed by atoms with Crippen molar-refractivity contribution in [1.29, 1.82) is 0 Å². The topological polar surface area (TPSA) is 55.1 Å². The molecule has 10 heavy (non-hydrogen) atoms. The molecule has 0 heterocycles. The standard InChI is InChI=1S/C6H11ClN2O/c1-4(7)3-9-6(10)5(2)8/h5H,1,3,8H2,2H3,(H,9,10). The Kier molecular flexibility index (Phi) is 4.07. The van der Waals surface area contributed by atoms with Gasteiger partial charge in [-0.1, -0.05) is 18.2 Å². The van der Waals surface area contributed by atoms with Gasteiger partial charge in [-0.2, -0.15) is 0 Å². The second-order valence-electron chi connectivity index (χ2n) is 2.02. The predicted octanol–water partition coefficient (Wildman–Crippen LogP) is 0.202. The van der Waals surface area contributed by atoms with Gasteiger partial charge < -0.3 is 11.1 Å². The molecule has 3 nitrogen and oxygen atoms in total. The van der Waals surface area contributed by atoms with Crippen LogP contribution >= 0.6 is 11.6 Å². The predicted molar refractivity (Wildman–Crippen MR) is 41.7 cm³/mol. The summed E-state index contributed by atoms with van der Waals surface area (Å²) in [4.78, 5) is 10.7. The van der Waals surface area contributed by atoms with Crippen LogP contribution in [0, 0.1) is 0 Å². The van der Waals surface area contributed by atoms with Gasteiger partial charge in [0.05, 0.1) is 12.6 Å². The van der Waals surface area contributed by atoms with Crippen LogP contribution in [-0.2, 0) is 4.79 Å². The van der Waals surface area contributed by atoms with Gasteiger partial charge >= 0.3 is 0 Å². The van der Waals surface area contributed by atoms with Crippen LogP contribution in [0.25, 0.3) is 0 Å². The fraction of sp³-hybridized carbons (Fsp3) is 0.500. The van der Waals surface area contributed by atoms with Crippen molar-refractivity contribution in [2.75, 3.05) is 6.54 Å². The molecular formula is C6H11ClN2O. The molecule has 0 saturated carbocycles. The van der Waals surface area contributed by atoms with Gasteiger partial charge in [-0.05, 0) is 6.92 Å². The quantitative estimate of drug-likeness (QED) is 0.623. The third-order valence-electron chi connectivity index (χ3n) is 0.868. The molecule has 1 unspecified atom stereocenters. The highest BCUT2D eigenvalue weighted by atomic mass is 35.5. The molecule has 0 rings (SSSR count). The lowest BCUT2D eigenvalue weighted by Crippen LogP contribution is -2.38. The number of carbonyl (C=O) groups excluding carboxylic acids is 1. The summed E-state index contributed by atoms with van der Waals surface area (Å²) >= 11 is 5.38. The van der Waals surface area contributed by atoms with Crippen molar-refractivity contribution in [3.63, 3.8) is 0 Å². The van der Waals surface area contributed by atoms with Crippen molar-refractivity contribution < 1.29 is 4.79 Å². The van der Waals surface area contributed by atoms with Crippen LogP contribution in [0.15, 0.2) is 11.6 Å². The van der Waals surface area contributed by atoms with Crippen molar-refractivity contribution in [2.45, 2.75) is 13.0 Å². The van der Waals surface area contributed by atoms with E-state index in [9.17, 15) is 4.79 Å². The summed E-state index contributed by atoms with van der Waals surface area (Å²) < 4.78 is 0. The first-order valence-corrected chi connectivity index (χ1v) is 3.28.